The molecule has 0 unspecified atom stereocenters. The number of anilines is 1. The molecule has 1 N–H and O–H groups in total. The molecule has 3 aromatic rings. The summed E-state index contributed by atoms with van der Waals surface area (Å²) < 4.78 is 8.69. The van der Waals surface area contributed by atoms with E-state index in [1.165, 1.54) is 35.3 Å². The Labute approximate surface area is 169 Å². The van der Waals surface area contributed by atoms with Crippen LogP contribution < -0.4 is 5.32 Å². The summed E-state index contributed by atoms with van der Waals surface area (Å²) >= 11 is 2.29. The van der Waals surface area contributed by atoms with Crippen LogP contribution in [0.1, 0.15) is 39.3 Å². The molecule has 1 aliphatic carbocycles. The number of fused-ring (bicyclic) bond motifs is 1. The van der Waals surface area contributed by atoms with Gasteiger partial charge in [-0.25, -0.2) is 9.78 Å². The van der Waals surface area contributed by atoms with E-state index in [1.807, 2.05) is 5.38 Å². The number of benzene rings is 1. The van der Waals surface area contributed by atoms with Crippen LogP contribution in [-0.4, -0.2) is 33.1 Å². The average molecular weight is 415 g/mol. The summed E-state index contributed by atoms with van der Waals surface area (Å²) in [5, 5.41) is 8.81. The van der Waals surface area contributed by atoms with Crippen molar-refractivity contribution < 1.29 is 14.3 Å². The van der Waals surface area contributed by atoms with Crippen molar-refractivity contribution in [3.05, 3.63) is 45.3 Å². The summed E-state index contributed by atoms with van der Waals surface area (Å²) in [5.41, 5.74) is 5.19. The van der Waals surface area contributed by atoms with Gasteiger partial charge in [0.25, 0.3) is 5.91 Å². The van der Waals surface area contributed by atoms with E-state index in [2.05, 4.69) is 38.1 Å². The van der Waals surface area contributed by atoms with Crippen molar-refractivity contribution >= 4 is 39.9 Å². The second-order valence-electron chi connectivity index (χ2n) is 6.54. The van der Waals surface area contributed by atoms with Crippen molar-refractivity contribution in [1.29, 1.82) is 0 Å². The van der Waals surface area contributed by atoms with Crippen molar-refractivity contribution in [2.24, 2.45) is 0 Å². The monoisotopic (exact) mass is 414 g/mol. The molecule has 0 bridgehead atoms. The van der Waals surface area contributed by atoms with E-state index in [0.717, 1.165) is 35.6 Å². The minimum Gasteiger partial charge on any atom is -0.451 e. The molecule has 144 valence electrons. The Kier molecular flexibility index (Phi) is 5.45. The Hall–Kier alpha value is -2.65. The zero-order chi connectivity index (χ0) is 19.5. The highest BCUT2D eigenvalue weighted by molar-refractivity contribution is 7.14. The summed E-state index contributed by atoms with van der Waals surface area (Å²) in [6, 6.07) is 6.46. The van der Waals surface area contributed by atoms with Crippen molar-refractivity contribution in [3.63, 3.8) is 0 Å². The predicted octanol–water partition coefficient (Wildman–Crippen LogP) is 3.64. The normalized spacial score (nSPS) is 13.0. The van der Waals surface area contributed by atoms with Crippen LogP contribution in [0.15, 0.2) is 23.6 Å². The number of aryl methyl sites for hydroxylation is 3. The third-order valence-corrected chi connectivity index (χ3v) is 6.13. The summed E-state index contributed by atoms with van der Waals surface area (Å²) in [6.07, 6.45) is 4.73. The Bertz CT molecular complexity index is 1030. The fraction of sp³-hybridized carbons (Fsp3) is 0.316. The second-order valence-corrected chi connectivity index (χ2v) is 8.15. The van der Waals surface area contributed by atoms with Gasteiger partial charge in [0.15, 0.2) is 16.6 Å². The lowest BCUT2D eigenvalue weighted by molar-refractivity contribution is -0.119. The Balaban J connectivity index is 1.36. The summed E-state index contributed by atoms with van der Waals surface area (Å²) in [4.78, 5) is 28.8. The first-order valence-corrected chi connectivity index (χ1v) is 10.6. The zero-order valence-electron chi connectivity index (χ0n) is 15.2. The molecular weight excluding hydrogens is 396 g/mol. The number of ether oxygens (including phenoxy) is 1. The maximum atomic E-state index is 12.1. The Morgan fingerprint density at radius 2 is 2.04 bits per heavy atom. The third kappa shape index (κ3) is 4.10. The fourth-order valence-electron chi connectivity index (χ4n) is 3.13. The molecule has 1 aliphatic rings. The molecule has 2 aromatic heterocycles. The van der Waals surface area contributed by atoms with Gasteiger partial charge in [-0.15, -0.1) is 16.4 Å². The smallest absolute Gasteiger partial charge is 0.352 e. The Morgan fingerprint density at radius 3 is 2.82 bits per heavy atom. The second kappa shape index (κ2) is 8.15. The van der Waals surface area contributed by atoms with Gasteiger partial charge in [0.1, 0.15) is 0 Å². The van der Waals surface area contributed by atoms with E-state index < -0.39 is 11.9 Å². The predicted molar refractivity (Wildman–Crippen MR) is 108 cm³/mol. The lowest BCUT2D eigenvalue weighted by atomic mass is 9.90. The molecule has 4 rings (SSSR count). The molecule has 1 amide bonds. The molecule has 2 heterocycles. The molecule has 0 spiro atoms. The van der Waals surface area contributed by atoms with E-state index >= 15 is 0 Å². The van der Waals surface area contributed by atoms with Crippen molar-refractivity contribution in [3.8, 4) is 11.3 Å². The summed E-state index contributed by atoms with van der Waals surface area (Å²) in [5.74, 6) is -1.04. The molecule has 0 saturated carbocycles. The first-order chi connectivity index (χ1) is 13.6. The molecule has 0 aliphatic heterocycles. The molecule has 0 fully saturated rings. The van der Waals surface area contributed by atoms with Gasteiger partial charge in [0.05, 0.1) is 11.4 Å². The number of nitrogens with zero attached hydrogens (tertiary/aromatic N) is 3. The summed E-state index contributed by atoms with van der Waals surface area (Å²) in [7, 11) is 0. The topological polar surface area (TPSA) is 94.1 Å². The van der Waals surface area contributed by atoms with E-state index in [1.54, 1.807) is 6.92 Å². The standard InChI is InChI=1S/C19H18N4O3S2/c1-11-17(28-23-22-11)18(25)26-9-16(24)21-19-20-15(10-27-19)14-7-6-12-4-2-3-5-13(12)8-14/h6-8,10H,2-5,9H2,1H3,(H,20,21,24). The van der Waals surface area contributed by atoms with Crippen LogP contribution >= 0.6 is 22.9 Å². The molecule has 1 aromatic carbocycles. The number of carbonyl (C=O) groups is 2. The van der Waals surface area contributed by atoms with Crippen LogP contribution in [0.25, 0.3) is 11.3 Å². The van der Waals surface area contributed by atoms with Gasteiger partial charge in [-0.05, 0) is 61.3 Å². The molecule has 28 heavy (non-hydrogen) atoms. The van der Waals surface area contributed by atoms with Gasteiger partial charge in [-0.3, -0.25) is 10.1 Å². The molecule has 7 nitrogen and oxygen atoms in total. The molecule has 0 radical (unpaired) electrons. The van der Waals surface area contributed by atoms with Crippen LogP contribution in [0.4, 0.5) is 5.13 Å². The maximum Gasteiger partial charge on any atom is 0.352 e. The number of rotatable bonds is 5. The van der Waals surface area contributed by atoms with Gasteiger partial charge < -0.3 is 4.74 Å². The highest BCUT2D eigenvalue weighted by atomic mass is 32.1. The minimum atomic E-state index is -0.600. The number of nitrogens with one attached hydrogen (secondary N) is 1. The van der Waals surface area contributed by atoms with Crippen LogP contribution in [-0.2, 0) is 22.4 Å². The lowest BCUT2D eigenvalue weighted by Gasteiger charge is -2.16. The number of hydrogen-bond acceptors (Lipinski definition) is 8. The van der Waals surface area contributed by atoms with E-state index in [0.29, 0.717) is 15.7 Å². The molecule has 0 saturated heterocycles. The van der Waals surface area contributed by atoms with Crippen LogP contribution in [0.2, 0.25) is 0 Å². The van der Waals surface area contributed by atoms with Crippen LogP contribution in [0.5, 0.6) is 0 Å². The summed E-state index contributed by atoms with van der Waals surface area (Å²) in [6.45, 7) is 1.28. The molecule has 0 atom stereocenters. The highest BCUT2D eigenvalue weighted by Gasteiger charge is 2.17. The molecule has 9 heteroatoms. The van der Waals surface area contributed by atoms with Gasteiger partial charge in [-0.1, -0.05) is 16.6 Å². The van der Waals surface area contributed by atoms with Gasteiger partial charge in [0, 0.05) is 10.9 Å². The number of hydrogen-bond donors (Lipinski definition) is 1. The van der Waals surface area contributed by atoms with Crippen molar-refractivity contribution in [1.82, 2.24) is 14.6 Å². The number of amides is 1. The van der Waals surface area contributed by atoms with Crippen molar-refractivity contribution in [2.75, 3.05) is 11.9 Å². The van der Waals surface area contributed by atoms with E-state index in [9.17, 15) is 9.59 Å². The van der Waals surface area contributed by atoms with Gasteiger partial charge in [-0.2, -0.15) is 0 Å². The zero-order valence-corrected chi connectivity index (χ0v) is 16.9. The van der Waals surface area contributed by atoms with Gasteiger partial charge >= 0.3 is 5.97 Å². The maximum absolute atomic E-state index is 12.1. The average Bonchev–Trinajstić information content (AvgIpc) is 3.35. The lowest BCUT2D eigenvalue weighted by Crippen LogP contribution is -2.20. The van der Waals surface area contributed by atoms with E-state index in [4.69, 9.17) is 4.74 Å². The minimum absolute atomic E-state index is 0.303. The van der Waals surface area contributed by atoms with Crippen LogP contribution in [0.3, 0.4) is 0 Å². The SMILES string of the molecule is Cc1nnsc1C(=O)OCC(=O)Nc1nc(-c2ccc3c(c2)CCCC3)cs1. The number of carbonyl (C=O) groups excluding carboxylic acids is 2. The number of aromatic nitrogens is 3. The first kappa shape index (κ1) is 18.7. The van der Waals surface area contributed by atoms with E-state index in [-0.39, 0.29) is 6.61 Å². The van der Waals surface area contributed by atoms with Crippen LogP contribution in [0, 0.1) is 6.92 Å². The Morgan fingerprint density at radius 1 is 1.21 bits per heavy atom. The molecular formula is C19H18N4O3S2. The number of esters is 1. The quantitative estimate of drug-likeness (QED) is 0.641. The fourth-order valence-corrected chi connectivity index (χ4v) is 4.41. The number of thiazole rings is 1. The van der Waals surface area contributed by atoms with Gasteiger partial charge in [0.2, 0.25) is 0 Å². The highest BCUT2D eigenvalue weighted by Crippen LogP contribution is 2.29. The largest absolute Gasteiger partial charge is 0.451 e. The first-order valence-electron chi connectivity index (χ1n) is 8.94. The van der Waals surface area contributed by atoms with Crippen molar-refractivity contribution in [2.45, 2.75) is 32.6 Å². The third-order valence-electron chi connectivity index (χ3n) is 4.57.